The Hall–Kier alpha value is -1.62. The molecule has 1 aromatic rings. The van der Waals surface area contributed by atoms with Crippen LogP contribution in [-0.2, 0) is 0 Å². The lowest BCUT2D eigenvalue weighted by molar-refractivity contribution is 0.0759. The number of carbonyl (C=O) groups is 1. The van der Waals surface area contributed by atoms with E-state index in [1.165, 1.54) is 0 Å². The van der Waals surface area contributed by atoms with E-state index in [2.05, 4.69) is 4.98 Å². The number of β-amino-alcohol motifs (C(OH)–C–C–N with tert-alkyl or cyclic N) is 1. The standard InChI is InChI=1S/C11H14N2O3/c1-16-9-2-4-12-10(6-9)11(15)13-5-3-8(14)7-13/h2,4,6,8,14H,3,5,7H2,1H3/t8-/m1/s1. The van der Waals surface area contributed by atoms with Gasteiger partial charge in [-0.1, -0.05) is 0 Å². The number of pyridine rings is 1. The van der Waals surface area contributed by atoms with Gasteiger partial charge < -0.3 is 14.7 Å². The first kappa shape index (κ1) is 10.9. The molecule has 1 amide bonds. The number of hydrogen-bond acceptors (Lipinski definition) is 4. The third-order valence-electron chi connectivity index (χ3n) is 2.64. The second-order valence-corrected chi connectivity index (χ2v) is 3.77. The number of aromatic nitrogens is 1. The van der Waals surface area contributed by atoms with Crippen molar-refractivity contribution < 1.29 is 14.6 Å². The lowest BCUT2D eigenvalue weighted by atomic mass is 10.3. The van der Waals surface area contributed by atoms with Crippen molar-refractivity contribution in [1.29, 1.82) is 0 Å². The molecule has 1 N–H and O–H groups in total. The zero-order valence-corrected chi connectivity index (χ0v) is 9.09. The number of ether oxygens (including phenoxy) is 1. The maximum Gasteiger partial charge on any atom is 0.272 e. The summed E-state index contributed by atoms with van der Waals surface area (Å²) in [6, 6.07) is 3.29. The molecule has 1 atom stereocenters. The average Bonchev–Trinajstić information content (AvgIpc) is 2.75. The summed E-state index contributed by atoms with van der Waals surface area (Å²) in [6.07, 6.45) is 1.77. The second kappa shape index (κ2) is 4.49. The van der Waals surface area contributed by atoms with Crippen LogP contribution in [0.1, 0.15) is 16.9 Å². The van der Waals surface area contributed by atoms with E-state index in [0.29, 0.717) is 31.0 Å². The lowest BCUT2D eigenvalue weighted by Crippen LogP contribution is -2.30. The largest absolute Gasteiger partial charge is 0.497 e. The normalized spacial score (nSPS) is 19.9. The van der Waals surface area contributed by atoms with Crippen molar-refractivity contribution in [2.24, 2.45) is 0 Å². The van der Waals surface area contributed by atoms with Crippen molar-refractivity contribution >= 4 is 5.91 Å². The minimum Gasteiger partial charge on any atom is -0.497 e. The molecular weight excluding hydrogens is 208 g/mol. The molecule has 1 aliphatic rings. The molecule has 0 aromatic carbocycles. The average molecular weight is 222 g/mol. The number of hydrogen-bond donors (Lipinski definition) is 1. The van der Waals surface area contributed by atoms with Crippen LogP contribution in [0.15, 0.2) is 18.3 Å². The van der Waals surface area contributed by atoms with Gasteiger partial charge >= 0.3 is 0 Å². The molecule has 0 radical (unpaired) electrons. The summed E-state index contributed by atoms with van der Waals surface area (Å²) in [5.41, 5.74) is 0.355. The Morgan fingerprint density at radius 2 is 2.50 bits per heavy atom. The minimum atomic E-state index is -0.408. The van der Waals surface area contributed by atoms with Crippen LogP contribution < -0.4 is 4.74 Å². The monoisotopic (exact) mass is 222 g/mol. The Balaban J connectivity index is 2.14. The van der Waals surface area contributed by atoms with E-state index < -0.39 is 6.10 Å². The number of aliphatic hydroxyl groups is 1. The molecule has 16 heavy (non-hydrogen) atoms. The smallest absolute Gasteiger partial charge is 0.272 e. The highest BCUT2D eigenvalue weighted by Crippen LogP contribution is 2.15. The summed E-state index contributed by atoms with van der Waals surface area (Å²) >= 11 is 0. The molecule has 2 rings (SSSR count). The molecule has 0 aliphatic carbocycles. The zero-order chi connectivity index (χ0) is 11.5. The fourth-order valence-corrected chi connectivity index (χ4v) is 1.74. The fourth-order valence-electron chi connectivity index (χ4n) is 1.74. The summed E-state index contributed by atoms with van der Waals surface area (Å²) in [5, 5.41) is 9.36. The molecule has 5 heteroatoms. The molecule has 0 bridgehead atoms. The number of aliphatic hydroxyl groups excluding tert-OH is 1. The van der Waals surface area contributed by atoms with Gasteiger partial charge in [0, 0.05) is 25.4 Å². The quantitative estimate of drug-likeness (QED) is 0.781. The van der Waals surface area contributed by atoms with E-state index in [4.69, 9.17) is 4.74 Å². The molecule has 1 aromatic heterocycles. The molecule has 86 valence electrons. The van der Waals surface area contributed by atoms with Gasteiger partial charge in [0.1, 0.15) is 11.4 Å². The Kier molecular flexibility index (Phi) is 3.05. The van der Waals surface area contributed by atoms with Crippen molar-refractivity contribution in [3.63, 3.8) is 0 Å². The molecule has 0 spiro atoms. The van der Waals surface area contributed by atoms with Gasteiger partial charge in [0.15, 0.2) is 0 Å². The molecule has 0 saturated carbocycles. The third-order valence-corrected chi connectivity index (χ3v) is 2.64. The molecule has 1 aliphatic heterocycles. The molecule has 1 fully saturated rings. The van der Waals surface area contributed by atoms with Crippen LogP contribution in [0.4, 0.5) is 0 Å². The summed E-state index contributed by atoms with van der Waals surface area (Å²) in [5.74, 6) is 0.452. The van der Waals surface area contributed by atoms with Crippen LogP contribution in [0.2, 0.25) is 0 Å². The summed E-state index contributed by atoms with van der Waals surface area (Å²) in [7, 11) is 1.54. The molecule has 5 nitrogen and oxygen atoms in total. The maximum absolute atomic E-state index is 12.0. The SMILES string of the molecule is COc1ccnc(C(=O)N2CC[C@@H](O)C2)c1. The van der Waals surface area contributed by atoms with Crippen LogP contribution in [0, 0.1) is 0 Å². The van der Waals surface area contributed by atoms with Crippen LogP contribution in [-0.4, -0.2) is 47.2 Å². The van der Waals surface area contributed by atoms with Crippen LogP contribution in [0.3, 0.4) is 0 Å². The Morgan fingerprint density at radius 3 is 3.12 bits per heavy atom. The highest BCUT2D eigenvalue weighted by Gasteiger charge is 2.26. The first-order chi connectivity index (χ1) is 7.70. The van der Waals surface area contributed by atoms with Gasteiger partial charge in [-0.15, -0.1) is 0 Å². The van der Waals surface area contributed by atoms with Crippen LogP contribution in [0.25, 0.3) is 0 Å². The van der Waals surface area contributed by atoms with Gasteiger partial charge in [-0.25, -0.2) is 0 Å². The minimum absolute atomic E-state index is 0.157. The number of rotatable bonds is 2. The van der Waals surface area contributed by atoms with E-state index in [1.807, 2.05) is 0 Å². The topological polar surface area (TPSA) is 62.7 Å². The highest BCUT2D eigenvalue weighted by atomic mass is 16.5. The van der Waals surface area contributed by atoms with Gasteiger partial charge in [-0.3, -0.25) is 9.78 Å². The number of nitrogens with zero attached hydrogens (tertiary/aromatic N) is 2. The molecule has 0 unspecified atom stereocenters. The van der Waals surface area contributed by atoms with Crippen molar-refractivity contribution in [1.82, 2.24) is 9.88 Å². The molecule has 1 saturated heterocycles. The third kappa shape index (κ3) is 2.14. The summed E-state index contributed by atoms with van der Waals surface area (Å²) in [4.78, 5) is 17.6. The predicted molar refractivity (Wildman–Crippen MR) is 57.3 cm³/mol. The maximum atomic E-state index is 12.0. The van der Waals surface area contributed by atoms with E-state index in [9.17, 15) is 9.90 Å². The highest BCUT2D eigenvalue weighted by molar-refractivity contribution is 5.92. The predicted octanol–water partition coefficient (Wildman–Crippen LogP) is 0.297. The van der Waals surface area contributed by atoms with Gasteiger partial charge in [0.05, 0.1) is 13.2 Å². The zero-order valence-electron chi connectivity index (χ0n) is 9.09. The van der Waals surface area contributed by atoms with Gasteiger partial charge in [-0.2, -0.15) is 0 Å². The summed E-state index contributed by atoms with van der Waals surface area (Å²) < 4.78 is 5.03. The van der Waals surface area contributed by atoms with E-state index >= 15 is 0 Å². The number of carbonyl (C=O) groups excluding carboxylic acids is 1. The molecular formula is C11H14N2O3. The second-order valence-electron chi connectivity index (χ2n) is 3.77. The van der Waals surface area contributed by atoms with Crippen molar-refractivity contribution in [2.75, 3.05) is 20.2 Å². The number of amides is 1. The Labute approximate surface area is 93.7 Å². The lowest BCUT2D eigenvalue weighted by Gasteiger charge is -2.14. The van der Waals surface area contributed by atoms with Crippen molar-refractivity contribution in [2.45, 2.75) is 12.5 Å². The summed E-state index contributed by atoms with van der Waals surface area (Å²) in [6.45, 7) is 0.969. The van der Waals surface area contributed by atoms with Crippen molar-refractivity contribution in [3.05, 3.63) is 24.0 Å². The van der Waals surface area contributed by atoms with Crippen LogP contribution >= 0.6 is 0 Å². The first-order valence-corrected chi connectivity index (χ1v) is 5.18. The Morgan fingerprint density at radius 1 is 1.69 bits per heavy atom. The van der Waals surface area contributed by atoms with E-state index in [1.54, 1.807) is 30.3 Å². The van der Waals surface area contributed by atoms with Gasteiger partial charge in [0.2, 0.25) is 0 Å². The molecule has 2 heterocycles. The fraction of sp³-hybridized carbons (Fsp3) is 0.455. The first-order valence-electron chi connectivity index (χ1n) is 5.18. The van der Waals surface area contributed by atoms with Gasteiger partial charge in [-0.05, 0) is 12.5 Å². The van der Waals surface area contributed by atoms with E-state index in [-0.39, 0.29) is 5.91 Å². The number of methoxy groups -OCH3 is 1. The van der Waals surface area contributed by atoms with E-state index in [0.717, 1.165) is 0 Å². The van der Waals surface area contributed by atoms with Crippen molar-refractivity contribution in [3.8, 4) is 5.75 Å². The van der Waals surface area contributed by atoms with Gasteiger partial charge in [0.25, 0.3) is 5.91 Å². The Bertz CT molecular complexity index is 395. The van der Waals surface area contributed by atoms with Crippen LogP contribution in [0.5, 0.6) is 5.75 Å². The number of likely N-dealkylation sites (tertiary alicyclic amines) is 1.